The predicted molar refractivity (Wildman–Crippen MR) is 88.6 cm³/mol. The summed E-state index contributed by atoms with van der Waals surface area (Å²) >= 11 is 0. The SMILES string of the molecule is Cc1ccc(C2CC3(CC3)CC2(C)c2ccc(F)cc2)cc1. The van der Waals surface area contributed by atoms with Gasteiger partial charge in [0.2, 0.25) is 0 Å². The second-order valence-electron chi connectivity index (χ2n) is 7.77. The largest absolute Gasteiger partial charge is 0.207 e. The lowest BCUT2D eigenvalue weighted by atomic mass is 9.71. The lowest BCUT2D eigenvalue weighted by Crippen LogP contribution is -2.25. The summed E-state index contributed by atoms with van der Waals surface area (Å²) < 4.78 is 13.3. The summed E-state index contributed by atoms with van der Waals surface area (Å²) in [7, 11) is 0. The third-order valence-corrected chi connectivity index (χ3v) is 6.09. The first-order chi connectivity index (χ1) is 10.5. The molecule has 0 radical (unpaired) electrons. The average molecular weight is 294 g/mol. The van der Waals surface area contributed by atoms with E-state index in [2.05, 4.69) is 38.1 Å². The van der Waals surface area contributed by atoms with Crippen LogP contribution >= 0.6 is 0 Å². The average Bonchev–Trinajstić information content (AvgIpc) is 3.18. The first kappa shape index (κ1) is 14.0. The number of halogens is 1. The van der Waals surface area contributed by atoms with Gasteiger partial charge in [-0.2, -0.15) is 0 Å². The normalized spacial score (nSPS) is 29.0. The monoisotopic (exact) mass is 294 g/mol. The van der Waals surface area contributed by atoms with Gasteiger partial charge in [0.05, 0.1) is 0 Å². The number of rotatable bonds is 2. The molecule has 0 N–H and O–H groups in total. The van der Waals surface area contributed by atoms with Crippen LogP contribution in [0.4, 0.5) is 4.39 Å². The van der Waals surface area contributed by atoms with Crippen molar-refractivity contribution in [3.63, 3.8) is 0 Å². The molecule has 2 aromatic carbocycles. The summed E-state index contributed by atoms with van der Waals surface area (Å²) in [5.41, 5.74) is 4.73. The van der Waals surface area contributed by atoms with Crippen LogP contribution in [0.5, 0.6) is 0 Å². The molecule has 2 unspecified atom stereocenters. The van der Waals surface area contributed by atoms with Crippen LogP contribution < -0.4 is 0 Å². The van der Waals surface area contributed by atoms with E-state index in [4.69, 9.17) is 0 Å². The van der Waals surface area contributed by atoms with E-state index in [0.717, 1.165) is 0 Å². The van der Waals surface area contributed by atoms with E-state index in [-0.39, 0.29) is 11.2 Å². The Bertz CT molecular complexity index is 679. The zero-order valence-electron chi connectivity index (χ0n) is 13.4. The number of aryl methyl sites for hydroxylation is 1. The molecule has 0 aliphatic heterocycles. The molecule has 0 aromatic heterocycles. The van der Waals surface area contributed by atoms with Crippen molar-refractivity contribution >= 4 is 0 Å². The molecule has 1 spiro atoms. The molecule has 2 saturated carbocycles. The molecular weight excluding hydrogens is 271 g/mol. The fraction of sp³-hybridized carbons (Fsp3) is 0.429. The Hall–Kier alpha value is -1.63. The van der Waals surface area contributed by atoms with Crippen LogP contribution in [0, 0.1) is 18.2 Å². The Morgan fingerprint density at radius 1 is 0.955 bits per heavy atom. The third kappa shape index (κ3) is 2.18. The van der Waals surface area contributed by atoms with Crippen LogP contribution in [-0.4, -0.2) is 0 Å². The van der Waals surface area contributed by atoms with Crippen LogP contribution in [0.3, 0.4) is 0 Å². The fourth-order valence-electron chi connectivity index (χ4n) is 4.61. The quantitative estimate of drug-likeness (QED) is 0.661. The van der Waals surface area contributed by atoms with Crippen LogP contribution in [0.1, 0.15) is 55.2 Å². The van der Waals surface area contributed by atoms with Crippen LogP contribution in [0.15, 0.2) is 48.5 Å². The van der Waals surface area contributed by atoms with Crippen LogP contribution in [0.2, 0.25) is 0 Å². The Kier molecular flexibility index (Phi) is 2.98. The lowest BCUT2D eigenvalue weighted by molar-refractivity contribution is 0.415. The van der Waals surface area contributed by atoms with Gasteiger partial charge in [-0.05, 0) is 72.6 Å². The Morgan fingerprint density at radius 2 is 1.59 bits per heavy atom. The topological polar surface area (TPSA) is 0 Å². The van der Waals surface area contributed by atoms with Gasteiger partial charge in [-0.25, -0.2) is 4.39 Å². The molecule has 0 nitrogen and oxygen atoms in total. The van der Waals surface area contributed by atoms with E-state index in [1.165, 1.54) is 42.4 Å². The first-order valence-electron chi connectivity index (χ1n) is 8.34. The van der Waals surface area contributed by atoms with E-state index in [9.17, 15) is 4.39 Å². The molecule has 0 heterocycles. The molecule has 0 saturated heterocycles. The van der Waals surface area contributed by atoms with Crippen molar-refractivity contribution in [2.75, 3.05) is 0 Å². The fourth-order valence-corrected chi connectivity index (χ4v) is 4.61. The second-order valence-corrected chi connectivity index (χ2v) is 7.77. The summed E-state index contributed by atoms with van der Waals surface area (Å²) in [6.07, 6.45) is 5.26. The Morgan fingerprint density at radius 3 is 2.18 bits per heavy atom. The minimum Gasteiger partial charge on any atom is -0.207 e. The highest BCUT2D eigenvalue weighted by atomic mass is 19.1. The van der Waals surface area contributed by atoms with Gasteiger partial charge in [-0.1, -0.05) is 48.9 Å². The van der Waals surface area contributed by atoms with E-state index >= 15 is 0 Å². The van der Waals surface area contributed by atoms with E-state index in [1.807, 2.05) is 12.1 Å². The van der Waals surface area contributed by atoms with Gasteiger partial charge in [0.25, 0.3) is 0 Å². The van der Waals surface area contributed by atoms with Crippen molar-refractivity contribution in [3.05, 3.63) is 71.0 Å². The zero-order chi connectivity index (χ0) is 15.4. The molecule has 4 rings (SSSR count). The van der Waals surface area contributed by atoms with Crippen molar-refractivity contribution in [3.8, 4) is 0 Å². The van der Waals surface area contributed by atoms with Gasteiger partial charge in [-0.15, -0.1) is 0 Å². The first-order valence-corrected chi connectivity index (χ1v) is 8.34. The summed E-state index contributed by atoms with van der Waals surface area (Å²) in [5, 5.41) is 0. The van der Waals surface area contributed by atoms with Gasteiger partial charge in [0.1, 0.15) is 5.82 Å². The maximum atomic E-state index is 13.3. The molecule has 2 aliphatic rings. The molecule has 0 amide bonds. The lowest BCUT2D eigenvalue weighted by Gasteiger charge is -2.33. The van der Waals surface area contributed by atoms with Gasteiger partial charge in [0, 0.05) is 0 Å². The molecule has 114 valence electrons. The molecule has 22 heavy (non-hydrogen) atoms. The number of benzene rings is 2. The molecule has 1 heteroatoms. The Labute approximate surface area is 132 Å². The smallest absolute Gasteiger partial charge is 0.123 e. The van der Waals surface area contributed by atoms with Crippen molar-refractivity contribution in [2.45, 2.75) is 50.9 Å². The van der Waals surface area contributed by atoms with Gasteiger partial charge in [-0.3, -0.25) is 0 Å². The second kappa shape index (κ2) is 4.68. The Balaban J connectivity index is 1.77. The minimum absolute atomic E-state index is 0.124. The van der Waals surface area contributed by atoms with Crippen molar-refractivity contribution in [1.29, 1.82) is 0 Å². The van der Waals surface area contributed by atoms with Crippen molar-refractivity contribution in [1.82, 2.24) is 0 Å². The van der Waals surface area contributed by atoms with Gasteiger partial charge >= 0.3 is 0 Å². The standard InChI is InChI=1S/C21H23F/c1-15-3-5-16(6-4-15)19-13-21(11-12-21)14-20(19,2)17-7-9-18(22)10-8-17/h3-10,19H,11-14H2,1-2H3. The predicted octanol–water partition coefficient (Wildman–Crippen LogP) is 5.75. The maximum absolute atomic E-state index is 13.3. The van der Waals surface area contributed by atoms with Crippen LogP contribution in [0.25, 0.3) is 0 Å². The zero-order valence-corrected chi connectivity index (χ0v) is 13.4. The molecule has 2 atom stereocenters. The van der Waals surface area contributed by atoms with E-state index < -0.39 is 0 Å². The molecular formula is C21H23F. The van der Waals surface area contributed by atoms with E-state index in [1.54, 1.807) is 12.1 Å². The highest BCUT2D eigenvalue weighted by molar-refractivity contribution is 5.38. The van der Waals surface area contributed by atoms with Gasteiger partial charge < -0.3 is 0 Å². The molecule has 2 aromatic rings. The highest BCUT2D eigenvalue weighted by Gasteiger charge is 2.58. The molecule has 2 fully saturated rings. The maximum Gasteiger partial charge on any atom is 0.123 e. The summed E-state index contributed by atoms with van der Waals surface area (Å²) in [6.45, 7) is 4.53. The summed E-state index contributed by atoms with van der Waals surface area (Å²) in [5.74, 6) is 0.402. The summed E-state index contributed by atoms with van der Waals surface area (Å²) in [6, 6.07) is 16.3. The molecule has 0 bridgehead atoms. The number of hydrogen-bond donors (Lipinski definition) is 0. The number of hydrogen-bond acceptors (Lipinski definition) is 0. The molecule has 2 aliphatic carbocycles. The van der Waals surface area contributed by atoms with Crippen molar-refractivity contribution in [2.24, 2.45) is 5.41 Å². The van der Waals surface area contributed by atoms with Crippen molar-refractivity contribution < 1.29 is 4.39 Å². The van der Waals surface area contributed by atoms with Gasteiger partial charge in [0.15, 0.2) is 0 Å². The third-order valence-electron chi connectivity index (χ3n) is 6.09. The minimum atomic E-state index is -0.140. The van der Waals surface area contributed by atoms with E-state index in [0.29, 0.717) is 11.3 Å². The van der Waals surface area contributed by atoms with Crippen LogP contribution in [-0.2, 0) is 5.41 Å². The summed E-state index contributed by atoms with van der Waals surface area (Å²) in [4.78, 5) is 0. The highest BCUT2D eigenvalue weighted by Crippen LogP contribution is 2.68.